The van der Waals surface area contributed by atoms with E-state index in [4.69, 9.17) is 23.7 Å². The summed E-state index contributed by atoms with van der Waals surface area (Å²) in [5.74, 6) is 0.658. The molecule has 0 saturated carbocycles. The number of hydrogen-bond acceptors (Lipinski definition) is 8. The fraction of sp³-hybridized carbons (Fsp3) is 0.294. The summed E-state index contributed by atoms with van der Waals surface area (Å²) in [6.07, 6.45) is -4.32. The molecule has 2 fully saturated rings. The monoisotopic (exact) mass is 583 g/mol. The highest BCUT2D eigenvalue weighted by Gasteiger charge is 2.66. The van der Waals surface area contributed by atoms with Gasteiger partial charge < -0.3 is 28.8 Å². The van der Waals surface area contributed by atoms with Crippen LogP contribution in [0.3, 0.4) is 0 Å². The maximum absolute atomic E-state index is 13.2. The van der Waals surface area contributed by atoms with Crippen LogP contribution in [0.4, 0.5) is 0 Å². The summed E-state index contributed by atoms with van der Waals surface area (Å²) < 4.78 is 30.3. The van der Waals surface area contributed by atoms with Crippen LogP contribution in [0.2, 0.25) is 0 Å². The fourth-order valence-electron chi connectivity index (χ4n) is 6.04. The summed E-state index contributed by atoms with van der Waals surface area (Å²) >= 11 is 0. The van der Waals surface area contributed by atoms with Crippen LogP contribution in [-0.2, 0) is 24.5 Å². The first kappa shape index (κ1) is 29.0. The molecule has 4 aromatic carbocycles. The van der Waals surface area contributed by atoms with Crippen molar-refractivity contribution in [2.75, 3.05) is 26.9 Å². The average Bonchev–Trinajstić information content (AvgIpc) is 3.07. The first-order valence-corrected chi connectivity index (χ1v) is 14.1. The Morgan fingerprint density at radius 2 is 1.40 bits per heavy atom. The zero-order valence-corrected chi connectivity index (χ0v) is 23.7. The van der Waals surface area contributed by atoms with Gasteiger partial charge in [0.15, 0.2) is 18.5 Å². The van der Waals surface area contributed by atoms with Crippen molar-refractivity contribution in [2.45, 2.75) is 35.7 Å². The molecule has 2 saturated heterocycles. The Balaban J connectivity index is 1.47. The molecule has 0 spiro atoms. The first-order chi connectivity index (χ1) is 21.0. The Kier molecular flexibility index (Phi) is 8.25. The van der Waals surface area contributed by atoms with Gasteiger partial charge in [-0.25, -0.2) is 0 Å². The van der Waals surface area contributed by atoms with Gasteiger partial charge in [-0.1, -0.05) is 103 Å². The molecule has 2 heterocycles. The van der Waals surface area contributed by atoms with Gasteiger partial charge in [-0.15, -0.1) is 0 Å². The third kappa shape index (κ3) is 5.20. The van der Waals surface area contributed by atoms with Crippen LogP contribution < -0.4 is 4.74 Å². The summed E-state index contributed by atoms with van der Waals surface area (Å²) in [5, 5.41) is 24.5. The highest BCUT2D eigenvalue weighted by atomic mass is 16.7. The summed E-state index contributed by atoms with van der Waals surface area (Å²) in [4.78, 5) is 12.7. The smallest absolute Gasteiger partial charge is 0.300 e. The van der Waals surface area contributed by atoms with Crippen molar-refractivity contribution in [3.63, 3.8) is 0 Å². The van der Waals surface area contributed by atoms with Gasteiger partial charge in [0.2, 0.25) is 0 Å². The molecular weight excluding hydrogens is 550 g/mol. The normalized spacial score (nSPS) is 25.4. The predicted octanol–water partition coefficient (Wildman–Crippen LogP) is 4.89. The van der Waals surface area contributed by atoms with Gasteiger partial charge in [0.05, 0.1) is 20.3 Å². The number of nitro groups is 1. The minimum Gasteiger partial charge on any atom is -0.497 e. The lowest BCUT2D eigenvalue weighted by molar-refractivity contribution is -0.618. The lowest BCUT2D eigenvalue weighted by Crippen LogP contribution is -2.72. The number of nitrogens with zero attached hydrogens (tertiary/aromatic N) is 1. The molecule has 5 atom stereocenters. The molecule has 0 aromatic heterocycles. The zero-order valence-electron chi connectivity index (χ0n) is 23.7. The predicted molar refractivity (Wildman–Crippen MR) is 157 cm³/mol. The lowest BCUT2D eigenvalue weighted by atomic mass is 9.78. The van der Waals surface area contributed by atoms with Crippen molar-refractivity contribution in [1.82, 2.24) is 0 Å². The average molecular weight is 584 g/mol. The Bertz CT molecular complexity index is 1460. The summed E-state index contributed by atoms with van der Waals surface area (Å²) in [5.41, 5.74) is -0.384. The van der Waals surface area contributed by atoms with E-state index in [1.165, 1.54) is 0 Å². The third-order valence-electron chi connectivity index (χ3n) is 8.35. The number of aliphatic hydroxyl groups excluding tert-OH is 1. The molecule has 222 valence electrons. The largest absolute Gasteiger partial charge is 0.497 e. The molecule has 2 aliphatic rings. The van der Waals surface area contributed by atoms with Gasteiger partial charge in [-0.2, -0.15) is 0 Å². The summed E-state index contributed by atoms with van der Waals surface area (Å²) in [6, 6.07) is 35.7. The first-order valence-electron chi connectivity index (χ1n) is 14.1. The molecule has 0 bridgehead atoms. The second-order valence-electron chi connectivity index (χ2n) is 10.7. The van der Waals surface area contributed by atoms with Gasteiger partial charge in [0.25, 0.3) is 0 Å². The van der Waals surface area contributed by atoms with Crippen molar-refractivity contribution in [2.24, 2.45) is 0 Å². The van der Waals surface area contributed by atoms with Gasteiger partial charge >= 0.3 is 5.54 Å². The number of rotatable bonds is 9. The van der Waals surface area contributed by atoms with Crippen molar-refractivity contribution in [1.29, 1.82) is 0 Å². The molecule has 9 heteroatoms. The highest BCUT2D eigenvalue weighted by Crippen LogP contribution is 2.45. The Hall–Kier alpha value is -4.12. The van der Waals surface area contributed by atoms with Crippen LogP contribution in [0.5, 0.6) is 5.75 Å². The van der Waals surface area contributed by atoms with Gasteiger partial charge in [0.1, 0.15) is 24.1 Å². The Labute approximate surface area is 249 Å². The topological polar surface area (TPSA) is 110 Å². The molecular formula is C34H33NO8. The van der Waals surface area contributed by atoms with Crippen LogP contribution in [0.15, 0.2) is 115 Å². The summed E-state index contributed by atoms with van der Waals surface area (Å²) in [6.45, 7) is -0.684. The van der Waals surface area contributed by atoms with E-state index in [0.717, 1.165) is 16.7 Å². The minimum absolute atomic E-state index is 0.0630. The van der Waals surface area contributed by atoms with E-state index >= 15 is 0 Å². The molecule has 2 aliphatic heterocycles. The number of benzene rings is 4. The van der Waals surface area contributed by atoms with Gasteiger partial charge in [-0.3, -0.25) is 10.1 Å². The molecule has 0 aliphatic carbocycles. The quantitative estimate of drug-likeness (QED) is 0.169. The van der Waals surface area contributed by atoms with E-state index in [2.05, 4.69) is 0 Å². The number of aliphatic hydroxyl groups is 1. The van der Waals surface area contributed by atoms with Crippen molar-refractivity contribution in [3.05, 3.63) is 148 Å². The SMILES string of the molecule is COc1ccc(C(OC[C@]2([N+](=O)[O-])[C@@H]3O[C@H](c4ccccc4)OC[C@H]3OC[C@@H]2O)(c2ccccc2)c2ccccc2)cc1. The molecule has 43 heavy (non-hydrogen) atoms. The minimum atomic E-state index is -2.07. The van der Waals surface area contributed by atoms with Crippen LogP contribution >= 0.6 is 0 Å². The molecule has 0 amide bonds. The molecule has 9 nitrogen and oxygen atoms in total. The second kappa shape index (κ2) is 12.2. The second-order valence-corrected chi connectivity index (χ2v) is 10.7. The van der Waals surface area contributed by atoms with E-state index in [-0.39, 0.29) is 13.2 Å². The molecule has 1 N–H and O–H groups in total. The van der Waals surface area contributed by atoms with Crippen molar-refractivity contribution >= 4 is 0 Å². The van der Waals surface area contributed by atoms with E-state index in [1.54, 1.807) is 7.11 Å². The van der Waals surface area contributed by atoms with E-state index < -0.39 is 47.3 Å². The van der Waals surface area contributed by atoms with Crippen molar-refractivity contribution in [3.8, 4) is 5.75 Å². The van der Waals surface area contributed by atoms with Gasteiger partial charge in [-0.05, 0) is 28.8 Å². The van der Waals surface area contributed by atoms with E-state index in [9.17, 15) is 15.2 Å². The number of hydrogen-bond donors (Lipinski definition) is 1. The number of methoxy groups -OCH3 is 1. The van der Waals surface area contributed by atoms with E-state index in [1.807, 2.05) is 115 Å². The fourth-order valence-corrected chi connectivity index (χ4v) is 6.04. The number of ether oxygens (including phenoxy) is 5. The van der Waals surface area contributed by atoms with Crippen molar-refractivity contribution < 1.29 is 33.7 Å². The van der Waals surface area contributed by atoms with E-state index in [0.29, 0.717) is 11.3 Å². The Morgan fingerprint density at radius 1 is 0.837 bits per heavy atom. The van der Waals surface area contributed by atoms with Crippen LogP contribution in [0.25, 0.3) is 0 Å². The third-order valence-corrected chi connectivity index (χ3v) is 8.35. The highest BCUT2D eigenvalue weighted by molar-refractivity contribution is 5.48. The molecule has 0 radical (unpaired) electrons. The lowest BCUT2D eigenvalue weighted by Gasteiger charge is -2.48. The maximum atomic E-state index is 13.2. The Morgan fingerprint density at radius 3 is 1.95 bits per heavy atom. The van der Waals surface area contributed by atoms with Crippen LogP contribution in [-0.4, -0.2) is 60.8 Å². The maximum Gasteiger partial charge on any atom is 0.300 e. The number of fused-ring (bicyclic) bond motifs is 1. The molecule has 4 aromatic rings. The van der Waals surface area contributed by atoms with Gasteiger partial charge in [0, 0.05) is 10.5 Å². The zero-order chi connectivity index (χ0) is 29.9. The van der Waals surface area contributed by atoms with Crippen LogP contribution in [0, 0.1) is 10.1 Å². The van der Waals surface area contributed by atoms with Crippen LogP contribution in [0.1, 0.15) is 28.5 Å². The molecule has 0 unspecified atom stereocenters. The summed E-state index contributed by atoms with van der Waals surface area (Å²) in [7, 11) is 1.59. The molecule has 6 rings (SSSR count). The standard InChI is InChI=1S/C34H33NO8/c1-39-28-19-17-27(18-20-28)34(25-13-7-3-8-14-25,26-15-9-4-10-16-26)42-23-33(35(37)38)30(36)22-40-29-21-41-32(43-31(29)33)24-11-5-2-6-12-24/h2-20,29-32,36H,21-23H2,1H3/t29-,30+,31-,32-,33-/m1/s1.